The molecule has 6 nitrogen and oxygen atoms in total. The SMILES string of the molecule is O=C(NCC(=O)N1CCc2ccccc21)NC1CCN(C2CCCC2)C1. The topological polar surface area (TPSA) is 64.7 Å². The van der Waals surface area contributed by atoms with Gasteiger partial charge < -0.3 is 15.5 Å². The molecule has 1 saturated carbocycles. The van der Waals surface area contributed by atoms with Crippen molar-refractivity contribution in [1.82, 2.24) is 15.5 Å². The quantitative estimate of drug-likeness (QED) is 0.866. The van der Waals surface area contributed by atoms with Gasteiger partial charge in [0.05, 0.1) is 6.54 Å². The fourth-order valence-corrected chi connectivity index (χ4v) is 4.59. The van der Waals surface area contributed by atoms with Crippen LogP contribution in [0.1, 0.15) is 37.7 Å². The summed E-state index contributed by atoms with van der Waals surface area (Å²) in [7, 11) is 0. The van der Waals surface area contributed by atoms with Gasteiger partial charge >= 0.3 is 6.03 Å². The van der Waals surface area contributed by atoms with E-state index in [2.05, 4.69) is 21.6 Å². The van der Waals surface area contributed by atoms with Crippen LogP contribution in [0.2, 0.25) is 0 Å². The molecule has 3 amide bonds. The Hall–Kier alpha value is -2.08. The van der Waals surface area contributed by atoms with E-state index < -0.39 is 0 Å². The molecule has 2 N–H and O–H groups in total. The smallest absolute Gasteiger partial charge is 0.315 e. The van der Waals surface area contributed by atoms with Crippen molar-refractivity contribution in [2.45, 2.75) is 50.6 Å². The van der Waals surface area contributed by atoms with Gasteiger partial charge in [-0.25, -0.2) is 4.79 Å². The van der Waals surface area contributed by atoms with Gasteiger partial charge in [-0.15, -0.1) is 0 Å². The number of hydrogen-bond acceptors (Lipinski definition) is 3. The molecule has 4 rings (SSSR count). The first-order valence-electron chi connectivity index (χ1n) is 9.87. The van der Waals surface area contributed by atoms with Crippen molar-refractivity contribution in [3.05, 3.63) is 29.8 Å². The van der Waals surface area contributed by atoms with Crippen LogP contribution in [0.5, 0.6) is 0 Å². The number of anilines is 1. The van der Waals surface area contributed by atoms with Gasteiger partial charge in [0.1, 0.15) is 0 Å². The normalized spacial score (nSPS) is 23.2. The van der Waals surface area contributed by atoms with Gasteiger partial charge in [-0.1, -0.05) is 31.0 Å². The predicted octanol–water partition coefficient (Wildman–Crippen LogP) is 1.89. The summed E-state index contributed by atoms with van der Waals surface area (Å²) in [6, 6.07) is 8.63. The molecule has 2 heterocycles. The second-order valence-corrected chi connectivity index (χ2v) is 7.67. The van der Waals surface area contributed by atoms with Gasteiger partial charge in [0, 0.05) is 37.4 Å². The summed E-state index contributed by atoms with van der Waals surface area (Å²) < 4.78 is 0. The second-order valence-electron chi connectivity index (χ2n) is 7.67. The van der Waals surface area contributed by atoms with Crippen LogP contribution in [-0.4, -0.2) is 55.1 Å². The largest absolute Gasteiger partial charge is 0.334 e. The first-order chi connectivity index (χ1) is 12.7. The molecule has 1 atom stereocenters. The standard InChI is InChI=1S/C20H28N4O2/c25-19(24-12-9-15-5-1-4-8-18(15)24)13-21-20(26)22-16-10-11-23(14-16)17-6-2-3-7-17/h1,4-5,8,16-17H,2-3,6-7,9-14H2,(H2,21,22,26). The van der Waals surface area contributed by atoms with Crippen LogP contribution in [0.15, 0.2) is 24.3 Å². The number of para-hydroxylation sites is 1. The minimum atomic E-state index is -0.232. The number of amides is 3. The average Bonchev–Trinajstić information content (AvgIpc) is 3.39. The maximum atomic E-state index is 12.5. The molecule has 140 valence electrons. The van der Waals surface area contributed by atoms with E-state index in [-0.39, 0.29) is 24.5 Å². The van der Waals surface area contributed by atoms with Crippen molar-refractivity contribution in [2.75, 3.05) is 31.1 Å². The highest BCUT2D eigenvalue weighted by Gasteiger charge is 2.31. The Balaban J connectivity index is 1.21. The van der Waals surface area contributed by atoms with Crippen LogP contribution in [0.3, 0.4) is 0 Å². The van der Waals surface area contributed by atoms with Crippen LogP contribution in [-0.2, 0) is 11.2 Å². The number of fused-ring (bicyclic) bond motifs is 1. The Labute approximate surface area is 154 Å². The fourth-order valence-electron chi connectivity index (χ4n) is 4.59. The highest BCUT2D eigenvalue weighted by molar-refractivity contribution is 5.98. The molecule has 26 heavy (non-hydrogen) atoms. The summed E-state index contributed by atoms with van der Waals surface area (Å²) >= 11 is 0. The van der Waals surface area contributed by atoms with Crippen molar-refractivity contribution < 1.29 is 9.59 Å². The molecule has 6 heteroatoms. The zero-order valence-corrected chi connectivity index (χ0v) is 15.2. The lowest BCUT2D eigenvalue weighted by Crippen LogP contribution is -2.47. The lowest BCUT2D eigenvalue weighted by atomic mass is 10.2. The van der Waals surface area contributed by atoms with E-state index >= 15 is 0 Å². The van der Waals surface area contributed by atoms with E-state index in [9.17, 15) is 9.59 Å². The van der Waals surface area contributed by atoms with Crippen molar-refractivity contribution in [3.8, 4) is 0 Å². The average molecular weight is 356 g/mol. The van der Waals surface area contributed by atoms with Crippen molar-refractivity contribution in [2.24, 2.45) is 0 Å². The van der Waals surface area contributed by atoms with E-state index in [4.69, 9.17) is 0 Å². The van der Waals surface area contributed by atoms with Gasteiger partial charge in [-0.3, -0.25) is 9.69 Å². The monoisotopic (exact) mass is 356 g/mol. The molecule has 0 radical (unpaired) electrons. The second kappa shape index (κ2) is 7.66. The summed E-state index contributed by atoms with van der Waals surface area (Å²) in [6.07, 6.45) is 7.14. The molecule has 0 aromatic heterocycles. The number of carbonyl (C=O) groups is 2. The summed E-state index contributed by atoms with van der Waals surface area (Å²) in [5.41, 5.74) is 2.17. The van der Waals surface area contributed by atoms with E-state index in [1.54, 1.807) is 4.90 Å². The molecule has 2 fully saturated rings. The first-order valence-corrected chi connectivity index (χ1v) is 9.87. The molecule has 1 aromatic rings. The summed E-state index contributed by atoms with van der Waals surface area (Å²) in [5.74, 6) is -0.0518. The van der Waals surface area contributed by atoms with Gasteiger partial charge in [-0.05, 0) is 37.3 Å². The van der Waals surface area contributed by atoms with Crippen LogP contribution in [0.25, 0.3) is 0 Å². The van der Waals surface area contributed by atoms with E-state index in [0.717, 1.165) is 31.6 Å². The van der Waals surface area contributed by atoms with Crippen LogP contribution in [0, 0.1) is 0 Å². The molecule has 1 aliphatic carbocycles. The molecule has 3 aliphatic rings. The number of urea groups is 1. The number of nitrogens with zero attached hydrogens (tertiary/aromatic N) is 2. The molecule has 1 saturated heterocycles. The van der Waals surface area contributed by atoms with Crippen LogP contribution < -0.4 is 15.5 Å². The Morgan fingerprint density at radius 3 is 2.73 bits per heavy atom. The molecular formula is C20H28N4O2. The number of benzene rings is 1. The predicted molar refractivity (Wildman–Crippen MR) is 101 cm³/mol. The Kier molecular flexibility index (Phi) is 5.11. The van der Waals surface area contributed by atoms with Gasteiger partial charge in [-0.2, -0.15) is 0 Å². The minimum absolute atomic E-state index is 0.0409. The maximum Gasteiger partial charge on any atom is 0.315 e. The first kappa shape index (κ1) is 17.3. The van der Waals surface area contributed by atoms with Crippen molar-refractivity contribution in [3.63, 3.8) is 0 Å². The lowest BCUT2D eigenvalue weighted by Gasteiger charge is -2.23. The van der Waals surface area contributed by atoms with Crippen LogP contribution in [0.4, 0.5) is 10.5 Å². The number of rotatable bonds is 4. The third-order valence-electron chi connectivity index (χ3n) is 5.98. The van der Waals surface area contributed by atoms with E-state index in [1.807, 2.05) is 18.2 Å². The number of hydrogen-bond donors (Lipinski definition) is 2. The highest BCUT2D eigenvalue weighted by Crippen LogP contribution is 2.27. The van der Waals surface area contributed by atoms with Crippen LogP contribution >= 0.6 is 0 Å². The maximum absolute atomic E-state index is 12.5. The summed E-state index contributed by atoms with van der Waals surface area (Å²) in [5, 5.41) is 5.78. The van der Waals surface area contributed by atoms with Gasteiger partial charge in [0.2, 0.25) is 5.91 Å². The molecule has 0 spiro atoms. The number of nitrogens with one attached hydrogen (secondary N) is 2. The molecule has 1 unspecified atom stereocenters. The molecule has 0 bridgehead atoms. The Bertz CT molecular complexity index is 672. The summed E-state index contributed by atoms with van der Waals surface area (Å²) in [6.45, 7) is 2.74. The third-order valence-corrected chi connectivity index (χ3v) is 5.98. The summed E-state index contributed by atoms with van der Waals surface area (Å²) in [4.78, 5) is 28.9. The number of likely N-dealkylation sites (tertiary alicyclic amines) is 1. The number of carbonyl (C=O) groups excluding carboxylic acids is 2. The van der Waals surface area contributed by atoms with E-state index in [1.165, 1.54) is 31.2 Å². The highest BCUT2D eigenvalue weighted by atomic mass is 16.2. The fraction of sp³-hybridized carbons (Fsp3) is 0.600. The molecule has 2 aliphatic heterocycles. The third kappa shape index (κ3) is 3.70. The van der Waals surface area contributed by atoms with E-state index in [0.29, 0.717) is 12.6 Å². The zero-order chi connectivity index (χ0) is 17.9. The Morgan fingerprint density at radius 1 is 1.08 bits per heavy atom. The Morgan fingerprint density at radius 2 is 1.88 bits per heavy atom. The van der Waals surface area contributed by atoms with Crippen molar-refractivity contribution in [1.29, 1.82) is 0 Å². The van der Waals surface area contributed by atoms with Crippen molar-refractivity contribution >= 4 is 17.6 Å². The molecule has 1 aromatic carbocycles. The van der Waals surface area contributed by atoms with Gasteiger partial charge in [0.25, 0.3) is 0 Å². The minimum Gasteiger partial charge on any atom is -0.334 e. The zero-order valence-electron chi connectivity index (χ0n) is 15.2. The lowest BCUT2D eigenvalue weighted by molar-refractivity contribution is -0.117. The molecular weight excluding hydrogens is 328 g/mol. The van der Waals surface area contributed by atoms with Gasteiger partial charge in [0.15, 0.2) is 0 Å².